The van der Waals surface area contributed by atoms with Crippen molar-refractivity contribution in [3.05, 3.63) is 71.8 Å². The molecular weight excluding hydrogens is 438 g/mol. The molecule has 1 saturated heterocycles. The highest BCUT2D eigenvalue weighted by molar-refractivity contribution is 6.11. The molecule has 5 rings (SSSR count). The molecule has 7 nitrogen and oxygen atoms in total. The number of rotatable bonds is 5. The second-order valence-corrected chi connectivity index (χ2v) is 8.67. The number of hydrogen-bond acceptors (Lipinski definition) is 5. The van der Waals surface area contributed by atoms with E-state index in [-0.39, 0.29) is 24.4 Å². The van der Waals surface area contributed by atoms with Gasteiger partial charge in [-0.05, 0) is 47.9 Å². The Bertz CT molecular complexity index is 1340. The third-order valence-electron chi connectivity index (χ3n) is 6.14. The van der Waals surface area contributed by atoms with E-state index in [9.17, 15) is 13.6 Å². The quantitative estimate of drug-likeness (QED) is 0.444. The second-order valence-electron chi connectivity index (χ2n) is 8.67. The Morgan fingerprint density at radius 2 is 1.97 bits per heavy atom. The largest absolute Gasteiger partial charge is 0.305 e. The number of carbonyl (C=O) groups is 1. The SMILES string of the molecule is Cc1cccnc1NC(=O)c1n[nH]c2ccc(-c3cncc(CN4CCC(F)(F)CC4)c3)cc12. The molecule has 0 radical (unpaired) electrons. The minimum Gasteiger partial charge on any atom is -0.305 e. The van der Waals surface area contributed by atoms with E-state index in [2.05, 4.69) is 25.5 Å². The van der Waals surface area contributed by atoms with Gasteiger partial charge >= 0.3 is 0 Å². The molecule has 4 heterocycles. The molecule has 0 unspecified atom stereocenters. The van der Waals surface area contributed by atoms with Gasteiger partial charge in [0.25, 0.3) is 11.8 Å². The van der Waals surface area contributed by atoms with Gasteiger partial charge < -0.3 is 5.32 Å². The number of anilines is 1. The molecule has 0 spiro atoms. The van der Waals surface area contributed by atoms with Crippen LogP contribution in [0, 0.1) is 6.92 Å². The number of halogens is 2. The standard InChI is InChI=1S/C25H24F2N6O/c1-16-3-2-8-29-23(16)30-24(34)22-20-12-18(4-5-21(20)31-32-22)19-11-17(13-28-14-19)15-33-9-6-25(26,27)7-10-33/h2-5,8,11-14H,6-7,9-10,15H2,1H3,(H,31,32)(H,29,30,34). The van der Waals surface area contributed by atoms with Gasteiger partial charge in [-0.2, -0.15) is 5.10 Å². The number of nitrogens with zero attached hydrogens (tertiary/aromatic N) is 4. The van der Waals surface area contributed by atoms with E-state index in [1.54, 1.807) is 18.6 Å². The molecule has 1 aliphatic rings. The first-order chi connectivity index (χ1) is 16.4. The maximum Gasteiger partial charge on any atom is 0.277 e. The number of hydrogen-bond donors (Lipinski definition) is 2. The van der Waals surface area contributed by atoms with Crippen molar-refractivity contribution < 1.29 is 13.6 Å². The average Bonchev–Trinajstić information content (AvgIpc) is 3.26. The highest BCUT2D eigenvalue weighted by atomic mass is 19.3. The first-order valence-electron chi connectivity index (χ1n) is 11.1. The number of nitrogens with one attached hydrogen (secondary N) is 2. The normalized spacial score (nSPS) is 16.0. The fourth-order valence-corrected chi connectivity index (χ4v) is 4.18. The molecule has 0 bridgehead atoms. The summed E-state index contributed by atoms with van der Waals surface area (Å²) in [7, 11) is 0. The minimum absolute atomic E-state index is 0.111. The zero-order valence-corrected chi connectivity index (χ0v) is 18.7. The summed E-state index contributed by atoms with van der Waals surface area (Å²) in [4.78, 5) is 23.5. The van der Waals surface area contributed by atoms with E-state index in [1.165, 1.54) is 0 Å². The van der Waals surface area contributed by atoms with Gasteiger partial charge in [-0.1, -0.05) is 12.1 Å². The fraction of sp³-hybridized carbons (Fsp3) is 0.280. The topological polar surface area (TPSA) is 86.8 Å². The van der Waals surface area contributed by atoms with Gasteiger partial charge in [-0.3, -0.25) is 19.8 Å². The van der Waals surface area contributed by atoms with Crippen molar-refractivity contribution in [1.29, 1.82) is 0 Å². The Labute approximate surface area is 195 Å². The highest BCUT2D eigenvalue weighted by Crippen LogP contribution is 2.29. The molecule has 0 atom stereocenters. The van der Waals surface area contributed by atoms with Crippen molar-refractivity contribution in [3.8, 4) is 11.1 Å². The number of fused-ring (bicyclic) bond motifs is 1. The number of carbonyl (C=O) groups excluding carboxylic acids is 1. The average molecular weight is 463 g/mol. The first kappa shape index (κ1) is 22.1. The van der Waals surface area contributed by atoms with E-state index in [0.29, 0.717) is 30.8 Å². The number of pyridine rings is 2. The molecule has 1 fully saturated rings. The summed E-state index contributed by atoms with van der Waals surface area (Å²) < 4.78 is 26.9. The molecular formula is C25H24F2N6O. The third-order valence-corrected chi connectivity index (χ3v) is 6.14. The number of aromatic nitrogens is 4. The number of benzene rings is 1. The molecule has 34 heavy (non-hydrogen) atoms. The van der Waals surface area contributed by atoms with Gasteiger partial charge in [0.05, 0.1) is 5.52 Å². The van der Waals surface area contributed by atoms with Crippen LogP contribution in [0.2, 0.25) is 0 Å². The summed E-state index contributed by atoms with van der Waals surface area (Å²) >= 11 is 0. The molecule has 1 aliphatic heterocycles. The summed E-state index contributed by atoms with van der Waals surface area (Å²) in [6.07, 6.45) is 4.92. The smallest absolute Gasteiger partial charge is 0.277 e. The molecule has 9 heteroatoms. The lowest BCUT2D eigenvalue weighted by Gasteiger charge is -2.31. The van der Waals surface area contributed by atoms with Crippen molar-refractivity contribution >= 4 is 22.6 Å². The second kappa shape index (κ2) is 8.90. The van der Waals surface area contributed by atoms with Crippen LogP contribution >= 0.6 is 0 Å². The molecule has 174 valence electrons. The van der Waals surface area contributed by atoms with Crippen molar-refractivity contribution in [2.45, 2.75) is 32.2 Å². The number of piperidine rings is 1. The summed E-state index contributed by atoms with van der Waals surface area (Å²) in [6.45, 7) is 3.18. The summed E-state index contributed by atoms with van der Waals surface area (Å²) in [5, 5.41) is 10.6. The number of aryl methyl sites for hydroxylation is 1. The number of amides is 1. The summed E-state index contributed by atoms with van der Waals surface area (Å²) in [5.74, 6) is -2.42. The van der Waals surface area contributed by atoms with Crippen LogP contribution < -0.4 is 5.32 Å². The van der Waals surface area contributed by atoms with Gasteiger partial charge in [0, 0.05) is 62.0 Å². The van der Waals surface area contributed by atoms with Gasteiger partial charge in [0.2, 0.25) is 0 Å². The Morgan fingerprint density at radius 3 is 2.76 bits per heavy atom. The maximum atomic E-state index is 13.5. The summed E-state index contributed by atoms with van der Waals surface area (Å²) in [5.41, 5.74) is 4.60. The van der Waals surface area contributed by atoms with Crippen LogP contribution in [-0.4, -0.2) is 50.0 Å². The van der Waals surface area contributed by atoms with Crippen LogP contribution in [0.25, 0.3) is 22.0 Å². The van der Waals surface area contributed by atoms with Crippen LogP contribution in [0.3, 0.4) is 0 Å². The Morgan fingerprint density at radius 1 is 1.15 bits per heavy atom. The van der Waals surface area contributed by atoms with E-state index in [4.69, 9.17) is 0 Å². The molecule has 1 aromatic carbocycles. The lowest BCUT2D eigenvalue weighted by molar-refractivity contribution is -0.0566. The van der Waals surface area contributed by atoms with E-state index in [1.807, 2.05) is 48.2 Å². The van der Waals surface area contributed by atoms with Gasteiger partial charge in [-0.25, -0.2) is 13.8 Å². The third kappa shape index (κ3) is 4.65. The van der Waals surface area contributed by atoms with Crippen molar-refractivity contribution in [1.82, 2.24) is 25.1 Å². The predicted molar refractivity (Wildman–Crippen MR) is 126 cm³/mol. The lowest BCUT2D eigenvalue weighted by Crippen LogP contribution is -2.38. The van der Waals surface area contributed by atoms with Crippen LogP contribution in [0.1, 0.15) is 34.5 Å². The van der Waals surface area contributed by atoms with E-state index < -0.39 is 5.92 Å². The van der Waals surface area contributed by atoms with E-state index >= 15 is 0 Å². The van der Waals surface area contributed by atoms with Gasteiger partial charge in [-0.15, -0.1) is 0 Å². The number of alkyl halides is 2. The first-order valence-corrected chi connectivity index (χ1v) is 11.1. The molecule has 4 aromatic rings. The zero-order chi connectivity index (χ0) is 23.7. The Balaban J connectivity index is 1.38. The highest BCUT2D eigenvalue weighted by Gasteiger charge is 2.33. The van der Waals surface area contributed by atoms with Crippen LogP contribution in [0.15, 0.2) is 55.0 Å². The van der Waals surface area contributed by atoms with Crippen LogP contribution in [-0.2, 0) is 6.54 Å². The van der Waals surface area contributed by atoms with Crippen LogP contribution in [0.5, 0.6) is 0 Å². The minimum atomic E-state index is -2.56. The van der Waals surface area contributed by atoms with E-state index in [0.717, 1.165) is 27.8 Å². The van der Waals surface area contributed by atoms with Crippen molar-refractivity contribution in [2.75, 3.05) is 18.4 Å². The number of H-pyrrole nitrogens is 1. The predicted octanol–water partition coefficient (Wildman–Crippen LogP) is 4.81. The lowest BCUT2D eigenvalue weighted by atomic mass is 10.0. The molecule has 3 aromatic heterocycles. The monoisotopic (exact) mass is 462 g/mol. The maximum absolute atomic E-state index is 13.5. The Kier molecular flexibility index (Phi) is 5.79. The fourth-order valence-electron chi connectivity index (χ4n) is 4.18. The molecule has 0 aliphatic carbocycles. The molecule has 2 N–H and O–H groups in total. The van der Waals surface area contributed by atoms with Crippen LogP contribution in [0.4, 0.5) is 14.6 Å². The number of aromatic amines is 1. The number of likely N-dealkylation sites (tertiary alicyclic amines) is 1. The summed E-state index contributed by atoms with van der Waals surface area (Å²) in [6, 6.07) is 11.4. The van der Waals surface area contributed by atoms with Gasteiger partial charge in [0.15, 0.2) is 5.69 Å². The molecule has 1 amide bonds. The zero-order valence-electron chi connectivity index (χ0n) is 18.7. The van der Waals surface area contributed by atoms with Crippen molar-refractivity contribution in [2.24, 2.45) is 0 Å². The Hall–Kier alpha value is -3.72. The van der Waals surface area contributed by atoms with Gasteiger partial charge in [0.1, 0.15) is 5.82 Å². The molecule has 0 saturated carbocycles. The van der Waals surface area contributed by atoms with Crippen molar-refractivity contribution in [3.63, 3.8) is 0 Å².